The Balaban J connectivity index is 2.08. The molecule has 0 N–H and O–H groups in total. The molecule has 2 aliphatic heterocycles. The first-order valence-corrected chi connectivity index (χ1v) is 4.74. The van der Waals surface area contributed by atoms with E-state index in [1.807, 2.05) is 0 Å². The number of hydrogen-bond acceptors (Lipinski definition) is 3. The fourth-order valence-corrected chi connectivity index (χ4v) is 2.07. The lowest BCUT2D eigenvalue weighted by molar-refractivity contribution is -0.137. The molecular formula is C9H14N2O2. The van der Waals surface area contributed by atoms with Crippen molar-refractivity contribution in [3.05, 3.63) is 0 Å². The molecule has 2 rings (SSSR count). The van der Waals surface area contributed by atoms with Crippen LogP contribution in [0.25, 0.3) is 0 Å². The Labute approximate surface area is 77.5 Å². The van der Waals surface area contributed by atoms with E-state index >= 15 is 0 Å². The molecule has 0 aromatic heterocycles. The molecule has 72 valence electrons. The van der Waals surface area contributed by atoms with Crippen LogP contribution in [0.15, 0.2) is 0 Å². The molecule has 4 nitrogen and oxygen atoms in total. The fourth-order valence-electron chi connectivity index (χ4n) is 2.07. The van der Waals surface area contributed by atoms with E-state index in [4.69, 9.17) is 0 Å². The molecule has 2 aliphatic rings. The molecule has 0 spiro atoms. The average molecular weight is 182 g/mol. The van der Waals surface area contributed by atoms with Gasteiger partial charge in [-0.25, -0.2) is 0 Å². The summed E-state index contributed by atoms with van der Waals surface area (Å²) in [6.45, 7) is 1.94. The Hall–Kier alpha value is -0.900. The van der Waals surface area contributed by atoms with Gasteiger partial charge in [-0.1, -0.05) is 0 Å². The van der Waals surface area contributed by atoms with Crippen molar-refractivity contribution in [2.24, 2.45) is 0 Å². The first-order chi connectivity index (χ1) is 6.20. The van der Waals surface area contributed by atoms with E-state index in [1.54, 1.807) is 7.05 Å². The van der Waals surface area contributed by atoms with Gasteiger partial charge < -0.3 is 0 Å². The molecule has 0 bridgehead atoms. The van der Waals surface area contributed by atoms with Gasteiger partial charge in [-0.2, -0.15) is 0 Å². The van der Waals surface area contributed by atoms with Crippen LogP contribution in [0.1, 0.15) is 19.3 Å². The SMILES string of the molecule is CN1C(=O)CC(N2CCCC2)C1=O. The largest absolute Gasteiger partial charge is 0.292 e. The lowest BCUT2D eigenvalue weighted by atomic mass is 10.2. The molecule has 0 aliphatic carbocycles. The van der Waals surface area contributed by atoms with Crippen LogP contribution in [0, 0.1) is 0 Å². The van der Waals surface area contributed by atoms with E-state index in [9.17, 15) is 9.59 Å². The zero-order chi connectivity index (χ0) is 9.42. The van der Waals surface area contributed by atoms with Gasteiger partial charge in [-0.3, -0.25) is 19.4 Å². The van der Waals surface area contributed by atoms with Crippen molar-refractivity contribution in [1.82, 2.24) is 9.80 Å². The summed E-state index contributed by atoms with van der Waals surface area (Å²) in [5.41, 5.74) is 0. The van der Waals surface area contributed by atoms with Crippen LogP contribution in [-0.4, -0.2) is 47.8 Å². The minimum atomic E-state index is -0.153. The zero-order valence-electron chi connectivity index (χ0n) is 7.82. The van der Waals surface area contributed by atoms with Crippen LogP contribution in [0.3, 0.4) is 0 Å². The molecule has 0 aromatic rings. The molecule has 0 saturated carbocycles. The van der Waals surface area contributed by atoms with Crippen LogP contribution >= 0.6 is 0 Å². The number of likely N-dealkylation sites (N-methyl/N-ethyl adjacent to an activating group) is 1. The third-order valence-electron chi connectivity index (χ3n) is 2.94. The predicted octanol–water partition coefficient (Wildman–Crippen LogP) is -0.161. The molecule has 4 heteroatoms. The van der Waals surface area contributed by atoms with Gasteiger partial charge in [-0.15, -0.1) is 0 Å². The summed E-state index contributed by atoms with van der Waals surface area (Å²) in [5.74, 6) is -0.0613. The minimum Gasteiger partial charge on any atom is -0.292 e. The summed E-state index contributed by atoms with van der Waals surface area (Å²) in [7, 11) is 1.57. The first-order valence-electron chi connectivity index (χ1n) is 4.74. The number of rotatable bonds is 1. The summed E-state index contributed by atoms with van der Waals surface area (Å²) < 4.78 is 0. The molecule has 2 saturated heterocycles. The van der Waals surface area contributed by atoms with Gasteiger partial charge in [0.1, 0.15) is 0 Å². The monoisotopic (exact) mass is 182 g/mol. The average Bonchev–Trinajstić information content (AvgIpc) is 2.70. The van der Waals surface area contributed by atoms with E-state index in [1.165, 1.54) is 4.90 Å². The van der Waals surface area contributed by atoms with Crippen LogP contribution in [0.2, 0.25) is 0 Å². The third kappa shape index (κ3) is 1.35. The molecule has 2 fully saturated rings. The van der Waals surface area contributed by atoms with Crippen molar-refractivity contribution in [2.45, 2.75) is 25.3 Å². The number of amides is 2. The Kier molecular flexibility index (Phi) is 2.07. The first kappa shape index (κ1) is 8.69. The Bertz CT molecular complexity index is 246. The van der Waals surface area contributed by atoms with Crippen LogP contribution in [0.4, 0.5) is 0 Å². The highest BCUT2D eigenvalue weighted by Crippen LogP contribution is 2.21. The van der Waals surface area contributed by atoms with Gasteiger partial charge >= 0.3 is 0 Å². The molecule has 2 amide bonds. The second kappa shape index (κ2) is 3.10. The Morgan fingerprint density at radius 2 is 1.85 bits per heavy atom. The number of nitrogens with zero attached hydrogens (tertiary/aromatic N) is 2. The summed E-state index contributed by atoms with van der Waals surface area (Å²) >= 11 is 0. The second-order valence-corrected chi connectivity index (χ2v) is 3.75. The molecular weight excluding hydrogens is 168 g/mol. The van der Waals surface area contributed by atoms with Gasteiger partial charge in [0, 0.05) is 7.05 Å². The molecule has 1 atom stereocenters. The normalized spacial score (nSPS) is 30.5. The Morgan fingerprint density at radius 3 is 2.31 bits per heavy atom. The lowest BCUT2D eigenvalue weighted by Gasteiger charge is -2.20. The van der Waals surface area contributed by atoms with Crippen molar-refractivity contribution in [3.8, 4) is 0 Å². The summed E-state index contributed by atoms with van der Waals surface area (Å²) in [6, 6.07) is -0.153. The molecule has 0 aromatic carbocycles. The standard InChI is InChI=1S/C9H14N2O2/c1-10-8(12)6-7(9(10)13)11-4-2-3-5-11/h7H,2-6H2,1H3. The van der Waals surface area contributed by atoms with Crippen LogP contribution in [-0.2, 0) is 9.59 Å². The summed E-state index contributed by atoms with van der Waals surface area (Å²) in [4.78, 5) is 26.2. The van der Waals surface area contributed by atoms with Crippen LogP contribution in [0.5, 0.6) is 0 Å². The van der Waals surface area contributed by atoms with E-state index in [0.717, 1.165) is 25.9 Å². The lowest BCUT2D eigenvalue weighted by Crippen LogP contribution is -2.39. The van der Waals surface area contributed by atoms with E-state index in [2.05, 4.69) is 4.90 Å². The van der Waals surface area contributed by atoms with Crippen molar-refractivity contribution in [3.63, 3.8) is 0 Å². The molecule has 1 unspecified atom stereocenters. The van der Waals surface area contributed by atoms with Crippen molar-refractivity contribution in [1.29, 1.82) is 0 Å². The van der Waals surface area contributed by atoms with Gasteiger partial charge in [-0.05, 0) is 25.9 Å². The van der Waals surface area contributed by atoms with Gasteiger partial charge in [0.05, 0.1) is 12.5 Å². The minimum absolute atomic E-state index is 0.0214. The van der Waals surface area contributed by atoms with Crippen molar-refractivity contribution < 1.29 is 9.59 Å². The number of carbonyl (C=O) groups excluding carboxylic acids is 2. The highest BCUT2D eigenvalue weighted by Gasteiger charge is 2.40. The van der Waals surface area contributed by atoms with Gasteiger partial charge in [0.25, 0.3) is 0 Å². The molecule has 2 heterocycles. The molecule has 13 heavy (non-hydrogen) atoms. The maximum absolute atomic E-state index is 11.6. The van der Waals surface area contributed by atoms with Gasteiger partial charge in [0.2, 0.25) is 11.8 Å². The highest BCUT2D eigenvalue weighted by molar-refractivity contribution is 6.05. The summed E-state index contributed by atoms with van der Waals surface area (Å²) in [5, 5.41) is 0. The van der Waals surface area contributed by atoms with E-state index in [0.29, 0.717) is 6.42 Å². The Morgan fingerprint density at radius 1 is 1.23 bits per heavy atom. The second-order valence-electron chi connectivity index (χ2n) is 3.75. The topological polar surface area (TPSA) is 40.6 Å². The fraction of sp³-hybridized carbons (Fsp3) is 0.778. The zero-order valence-corrected chi connectivity index (χ0v) is 7.82. The van der Waals surface area contributed by atoms with Gasteiger partial charge in [0.15, 0.2) is 0 Å². The van der Waals surface area contributed by atoms with Crippen molar-refractivity contribution in [2.75, 3.05) is 20.1 Å². The smallest absolute Gasteiger partial charge is 0.246 e. The highest BCUT2D eigenvalue weighted by atomic mass is 16.2. The number of imide groups is 1. The van der Waals surface area contributed by atoms with E-state index < -0.39 is 0 Å². The number of likely N-dealkylation sites (tertiary alicyclic amines) is 2. The third-order valence-corrected chi connectivity index (χ3v) is 2.94. The van der Waals surface area contributed by atoms with Crippen LogP contribution < -0.4 is 0 Å². The number of hydrogen-bond donors (Lipinski definition) is 0. The number of carbonyl (C=O) groups is 2. The molecule has 0 radical (unpaired) electrons. The maximum Gasteiger partial charge on any atom is 0.246 e. The predicted molar refractivity (Wildman–Crippen MR) is 47.0 cm³/mol. The van der Waals surface area contributed by atoms with E-state index in [-0.39, 0.29) is 17.9 Å². The summed E-state index contributed by atoms with van der Waals surface area (Å²) in [6.07, 6.45) is 2.69. The maximum atomic E-state index is 11.6. The van der Waals surface area contributed by atoms with Crippen molar-refractivity contribution >= 4 is 11.8 Å². The quantitative estimate of drug-likeness (QED) is 0.529.